The summed E-state index contributed by atoms with van der Waals surface area (Å²) in [7, 11) is 0. The van der Waals surface area contributed by atoms with E-state index in [0.29, 0.717) is 11.3 Å². The number of ether oxygens (including phenoxy) is 1. The van der Waals surface area contributed by atoms with Crippen molar-refractivity contribution in [3.63, 3.8) is 0 Å². The number of aryl methyl sites for hydroxylation is 1. The second kappa shape index (κ2) is 5.37. The quantitative estimate of drug-likeness (QED) is 0.663. The molecule has 0 spiro atoms. The van der Waals surface area contributed by atoms with Gasteiger partial charge >= 0.3 is 5.97 Å². The van der Waals surface area contributed by atoms with Crippen LogP contribution in [0.4, 0.5) is 0 Å². The van der Waals surface area contributed by atoms with Gasteiger partial charge in [0.1, 0.15) is 5.75 Å². The molecule has 3 aromatic rings. The lowest BCUT2D eigenvalue weighted by molar-refractivity contribution is 0.0736. The Morgan fingerprint density at radius 2 is 1.62 bits per heavy atom. The molecule has 104 valence electrons. The third-order valence-corrected chi connectivity index (χ3v) is 3.52. The number of hydrogen-bond acceptors (Lipinski definition) is 3. The molecule has 0 radical (unpaired) electrons. The van der Waals surface area contributed by atoms with Crippen molar-refractivity contribution in [2.24, 2.45) is 0 Å². The summed E-state index contributed by atoms with van der Waals surface area (Å²) in [5.41, 5.74) is 3.12. The van der Waals surface area contributed by atoms with Crippen LogP contribution in [0.25, 0.3) is 10.9 Å². The molecular weight excluding hydrogens is 262 g/mol. The minimum Gasteiger partial charge on any atom is -0.422 e. The fourth-order valence-corrected chi connectivity index (χ4v) is 2.25. The molecule has 2 aromatic carbocycles. The average Bonchev–Trinajstić information content (AvgIpc) is 2.52. The third-order valence-electron chi connectivity index (χ3n) is 3.52. The highest BCUT2D eigenvalue weighted by Crippen LogP contribution is 2.30. The Morgan fingerprint density at radius 3 is 2.38 bits per heavy atom. The number of carbonyl (C=O) groups excluding carboxylic acids is 1. The molecule has 0 aliphatic rings. The third kappa shape index (κ3) is 2.50. The Kier molecular flexibility index (Phi) is 3.40. The van der Waals surface area contributed by atoms with E-state index in [-0.39, 0.29) is 5.97 Å². The summed E-state index contributed by atoms with van der Waals surface area (Å²) >= 11 is 0. The van der Waals surface area contributed by atoms with Crippen molar-refractivity contribution >= 4 is 16.9 Å². The molecule has 0 amide bonds. The van der Waals surface area contributed by atoms with E-state index in [1.54, 1.807) is 12.1 Å². The van der Waals surface area contributed by atoms with Crippen LogP contribution in [0.3, 0.4) is 0 Å². The van der Waals surface area contributed by atoms with Crippen LogP contribution in [0.2, 0.25) is 0 Å². The summed E-state index contributed by atoms with van der Waals surface area (Å²) in [5, 5.41) is 0.852. The molecule has 0 saturated heterocycles. The maximum absolute atomic E-state index is 12.3. The lowest BCUT2D eigenvalue weighted by atomic mass is 10.1. The van der Waals surface area contributed by atoms with Crippen molar-refractivity contribution in [2.45, 2.75) is 13.8 Å². The minimum absolute atomic E-state index is 0.352. The van der Waals surface area contributed by atoms with Gasteiger partial charge in [-0.1, -0.05) is 30.3 Å². The SMILES string of the molecule is Cc1nc2ccccc2c(OC(=O)c2ccccc2)c1C. The fraction of sp³-hybridized carbons (Fsp3) is 0.111. The van der Waals surface area contributed by atoms with Gasteiger partial charge in [-0.15, -0.1) is 0 Å². The molecule has 3 heteroatoms. The van der Waals surface area contributed by atoms with Crippen LogP contribution in [0.15, 0.2) is 54.6 Å². The van der Waals surface area contributed by atoms with E-state index >= 15 is 0 Å². The summed E-state index contributed by atoms with van der Waals surface area (Å²) < 4.78 is 5.65. The predicted octanol–water partition coefficient (Wildman–Crippen LogP) is 4.07. The number of esters is 1. The van der Waals surface area contributed by atoms with Crippen LogP contribution in [-0.4, -0.2) is 11.0 Å². The van der Waals surface area contributed by atoms with Crippen molar-refractivity contribution < 1.29 is 9.53 Å². The van der Waals surface area contributed by atoms with Gasteiger partial charge in [-0.2, -0.15) is 0 Å². The summed E-state index contributed by atoms with van der Waals surface area (Å²) in [6.45, 7) is 3.84. The summed E-state index contributed by atoms with van der Waals surface area (Å²) in [5.74, 6) is 0.237. The number of benzene rings is 2. The molecule has 0 aliphatic carbocycles. The molecule has 0 N–H and O–H groups in total. The van der Waals surface area contributed by atoms with Gasteiger partial charge < -0.3 is 4.74 Å². The number of carbonyl (C=O) groups is 1. The van der Waals surface area contributed by atoms with Crippen LogP contribution in [0, 0.1) is 13.8 Å². The monoisotopic (exact) mass is 277 g/mol. The molecule has 0 bridgehead atoms. The van der Waals surface area contributed by atoms with E-state index in [1.807, 2.05) is 56.3 Å². The lowest BCUT2D eigenvalue weighted by Gasteiger charge is -2.12. The lowest BCUT2D eigenvalue weighted by Crippen LogP contribution is -2.10. The number of pyridine rings is 1. The Labute approximate surface area is 123 Å². The average molecular weight is 277 g/mol. The molecule has 0 saturated carbocycles. The van der Waals surface area contributed by atoms with Gasteiger partial charge in [-0.05, 0) is 38.1 Å². The van der Waals surface area contributed by atoms with Crippen molar-refractivity contribution in [1.82, 2.24) is 4.98 Å². The fourth-order valence-electron chi connectivity index (χ4n) is 2.25. The molecule has 0 atom stereocenters. The van der Waals surface area contributed by atoms with Crippen LogP contribution < -0.4 is 4.74 Å². The first-order chi connectivity index (χ1) is 10.2. The second-order valence-electron chi connectivity index (χ2n) is 4.92. The Balaban J connectivity index is 2.08. The largest absolute Gasteiger partial charge is 0.422 e. The van der Waals surface area contributed by atoms with Gasteiger partial charge in [-0.25, -0.2) is 4.79 Å². The Bertz CT molecular complexity index is 810. The van der Waals surface area contributed by atoms with Crippen molar-refractivity contribution in [1.29, 1.82) is 0 Å². The smallest absolute Gasteiger partial charge is 0.343 e. The van der Waals surface area contributed by atoms with Gasteiger partial charge in [0.05, 0.1) is 11.1 Å². The first-order valence-corrected chi connectivity index (χ1v) is 6.80. The molecule has 0 fully saturated rings. The summed E-state index contributed by atoms with van der Waals surface area (Å²) in [4.78, 5) is 16.8. The van der Waals surface area contributed by atoms with Gasteiger partial charge in [-0.3, -0.25) is 4.98 Å². The maximum atomic E-state index is 12.3. The van der Waals surface area contributed by atoms with Crippen molar-refractivity contribution in [3.05, 3.63) is 71.4 Å². The van der Waals surface area contributed by atoms with E-state index in [0.717, 1.165) is 22.2 Å². The predicted molar refractivity (Wildman–Crippen MR) is 82.6 cm³/mol. The maximum Gasteiger partial charge on any atom is 0.343 e. The number of para-hydroxylation sites is 1. The molecular formula is C18H15NO2. The van der Waals surface area contributed by atoms with Gasteiger partial charge in [0.25, 0.3) is 0 Å². The minimum atomic E-state index is -0.352. The Hall–Kier alpha value is -2.68. The summed E-state index contributed by atoms with van der Waals surface area (Å²) in [6, 6.07) is 16.7. The van der Waals surface area contributed by atoms with Gasteiger partial charge in [0, 0.05) is 16.6 Å². The van der Waals surface area contributed by atoms with Crippen LogP contribution in [0.5, 0.6) is 5.75 Å². The zero-order chi connectivity index (χ0) is 14.8. The highest BCUT2D eigenvalue weighted by molar-refractivity contribution is 5.95. The van der Waals surface area contributed by atoms with E-state index in [2.05, 4.69) is 4.98 Å². The highest BCUT2D eigenvalue weighted by Gasteiger charge is 2.15. The topological polar surface area (TPSA) is 39.2 Å². The van der Waals surface area contributed by atoms with Crippen molar-refractivity contribution in [3.8, 4) is 5.75 Å². The second-order valence-corrected chi connectivity index (χ2v) is 4.92. The van der Waals surface area contributed by atoms with Crippen LogP contribution in [0.1, 0.15) is 21.6 Å². The van der Waals surface area contributed by atoms with Crippen molar-refractivity contribution in [2.75, 3.05) is 0 Å². The Morgan fingerprint density at radius 1 is 0.952 bits per heavy atom. The van der Waals surface area contributed by atoms with Gasteiger partial charge in [0.15, 0.2) is 0 Å². The van der Waals surface area contributed by atoms with Crippen LogP contribution >= 0.6 is 0 Å². The number of hydrogen-bond donors (Lipinski definition) is 0. The normalized spacial score (nSPS) is 10.6. The molecule has 1 aromatic heterocycles. The van der Waals surface area contributed by atoms with E-state index in [4.69, 9.17) is 4.74 Å². The summed E-state index contributed by atoms with van der Waals surface area (Å²) in [6.07, 6.45) is 0. The van der Waals surface area contributed by atoms with E-state index in [9.17, 15) is 4.79 Å². The zero-order valence-electron chi connectivity index (χ0n) is 12.0. The zero-order valence-corrected chi connectivity index (χ0v) is 12.0. The molecule has 0 unspecified atom stereocenters. The first kappa shape index (κ1) is 13.3. The number of fused-ring (bicyclic) bond motifs is 1. The van der Waals surface area contributed by atoms with Crippen LogP contribution in [-0.2, 0) is 0 Å². The molecule has 3 rings (SSSR count). The van der Waals surface area contributed by atoms with E-state index in [1.165, 1.54) is 0 Å². The first-order valence-electron chi connectivity index (χ1n) is 6.80. The molecule has 21 heavy (non-hydrogen) atoms. The number of rotatable bonds is 2. The highest BCUT2D eigenvalue weighted by atomic mass is 16.5. The molecule has 0 aliphatic heterocycles. The standard InChI is InChI=1S/C18H15NO2/c1-12-13(2)19-16-11-7-6-10-15(16)17(12)21-18(20)14-8-4-3-5-9-14/h3-11H,1-2H3. The van der Waals surface area contributed by atoms with E-state index < -0.39 is 0 Å². The molecule has 3 nitrogen and oxygen atoms in total. The van der Waals surface area contributed by atoms with Gasteiger partial charge in [0.2, 0.25) is 0 Å². The molecule has 1 heterocycles. The number of nitrogens with zero attached hydrogens (tertiary/aromatic N) is 1. The number of aromatic nitrogens is 1.